The first kappa shape index (κ1) is 19.8. The lowest BCUT2D eigenvalue weighted by atomic mass is 10.3. The van der Waals surface area contributed by atoms with Crippen molar-refractivity contribution in [1.29, 1.82) is 0 Å². The molecule has 0 unspecified atom stereocenters. The molecule has 0 spiro atoms. The predicted octanol–water partition coefficient (Wildman–Crippen LogP) is 4.22. The van der Waals surface area contributed by atoms with Crippen LogP contribution in [0.15, 0.2) is 29.3 Å². The molecule has 2 aromatic heterocycles. The van der Waals surface area contributed by atoms with Crippen molar-refractivity contribution in [3.63, 3.8) is 0 Å². The summed E-state index contributed by atoms with van der Waals surface area (Å²) in [6.07, 6.45) is 0. The van der Waals surface area contributed by atoms with Gasteiger partial charge in [-0.05, 0) is 52.0 Å². The average molecular weight is 407 g/mol. The summed E-state index contributed by atoms with van der Waals surface area (Å²) in [5.41, 5.74) is 2.28. The van der Waals surface area contributed by atoms with Crippen molar-refractivity contribution in [2.45, 2.75) is 40.3 Å². The third kappa shape index (κ3) is 4.31. The van der Waals surface area contributed by atoms with Crippen molar-refractivity contribution >= 4 is 39.1 Å². The first-order chi connectivity index (χ1) is 12.9. The molecular weight excluding hydrogens is 384 g/mol. The second kappa shape index (κ2) is 8.37. The molecular formula is C19H23ClN4O2S. The van der Waals surface area contributed by atoms with E-state index in [1.165, 1.54) is 11.3 Å². The number of halogens is 1. The average Bonchev–Trinajstić information content (AvgIpc) is 3.16. The number of carbonyl (C=O) groups excluding carboxylic acids is 1. The summed E-state index contributed by atoms with van der Waals surface area (Å²) >= 11 is 7.56. The number of ether oxygens (including phenoxy) is 1. The molecule has 0 N–H and O–H groups in total. The third-order valence-electron chi connectivity index (χ3n) is 4.14. The zero-order valence-corrected chi connectivity index (χ0v) is 17.5. The predicted molar refractivity (Wildman–Crippen MR) is 109 cm³/mol. The van der Waals surface area contributed by atoms with Crippen LogP contribution in [-0.2, 0) is 11.3 Å². The summed E-state index contributed by atoms with van der Waals surface area (Å²) < 4.78 is 10.3. The Bertz CT molecular complexity index is 1030. The largest absolute Gasteiger partial charge is 0.380 e. The molecule has 0 bridgehead atoms. The fourth-order valence-electron chi connectivity index (χ4n) is 2.91. The molecule has 27 heavy (non-hydrogen) atoms. The number of aromatic nitrogens is 3. The van der Waals surface area contributed by atoms with E-state index in [4.69, 9.17) is 16.3 Å². The van der Waals surface area contributed by atoms with Gasteiger partial charge in [0, 0.05) is 29.9 Å². The molecule has 0 fully saturated rings. The van der Waals surface area contributed by atoms with Gasteiger partial charge in [-0.2, -0.15) is 10.1 Å². The normalized spacial score (nSPS) is 12.4. The van der Waals surface area contributed by atoms with Gasteiger partial charge < -0.3 is 9.30 Å². The maximum atomic E-state index is 12.7. The molecule has 1 aromatic carbocycles. The second-order valence-corrected chi connectivity index (χ2v) is 7.92. The third-order valence-corrected chi connectivity index (χ3v) is 5.41. The molecule has 144 valence electrons. The highest BCUT2D eigenvalue weighted by molar-refractivity contribution is 7.16. The number of hydrogen-bond donors (Lipinski definition) is 0. The van der Waals surface area contributed by atoms with Crippen LogP contribution in [0.2, 0.25) is 5.02 Å². The number of nitrogens with zero attached hydrogens (tertiary/aromatic N) is 4. The number of hydrogen-bond acceptors (Lipinski definition) is 4. The van der Waals surface area contributed by atoms with E-state index in [9.17, 15) is 4.79 Å². The Kier molecular flexibility index (Phi) is 6.14. The SMILES string of the molecule is CCOCCn1c(=NC(=O)c2cc(C)n(C(C)C)n2)sc2cc(Cl)ccc21. The zero-order valence-electron chi connectivity index (χ0n) is 15.9. The van der Waals surface area contributed by atoms with Crippen LogP contribution in [0.4, 0.5) is 0 Å². The van der Waals surface area contributed by atoms with Gasteiger partial charge >= 0.3 is 0 Å². The molecule has 0 aliphatic rings. The van der Waals surface area contributed by atoms with E-state index in [2.05, 4.69) is 10.1 Å². The van der Waals surface area contributed by atoms with E-state index in [0.717, 1.165) is 15.9 Å². The number of thiazole rings is 1. The van der Waals surface area contributed by atoms with Crippen LogP contribution in [0.5, 0.6) is 0 Å². The standard InChI is InChI=1S/C19H23ClN4O2S/c1-5-26-9-8-23-16-7-6-14(20)11-17(16)27-19(23)21-18(25)15-10-13(4)24(22-15)12(2)3/h6-7,10-12H,5,8-9H2,1-4H3. The molecule has 0 atom stereocenters. The summed E-state index contributed by atoms with van der Waals surface area (Å²) in [5, 5.41) is 5.06. The molecule has 6 nitrogen and oxygen atoms in total. The van der Waals surface area contributed by atoms with Gasteiger partial charge in [0.1, 0.15) is 0 Å². The van der Waals surface area contributed by atoms with Gasteiger partial charge in [0.05, 0.1) is 16.8 Å². The van der Waals surface area contributed by atoms with Crippen molar-refractivity contribution in [3.05, 3.63) is 45.5 Å². The first-order valence-corrected chi connectivity index (χ1v) is 10.1. The Labute approximate surface area is 167 Å². The lowest BCUT2D eigenvalue weighted by molar-refractivity contribution is 0.0991. The van der Waals surface area contributed by atoms with E-state index >= 15 is 0 Å². The fraction of sp³-hybridized carbons (Fsp3) is 0.421. The van der Waals surface area contributed by atoms with Gasteiger partial charge in [-0.1, -0.05) is 22.9 Å². The maximum Gasteiger partial charge on any atom is 0.300 e. The van der Waals surface area contributed by atoms with E-state index in [1.807, 2.05) is 55.1 Å². The highest BCUT2D eigenvalue weighted by Crippen LogP contribution is 2.22. The molecule has 8 heteroatoms. The summed E-state index contributed by atoms with van der Waals surface area (Å²) in [6, 6.07) is 7.64. The zero-order chi connectivity index (χ0) is 19.6. The van der Waals surface area contributed by atoms with Gasteiger partial charge in [-0.15, -0.1) is 0 Å². The number of rotatable bonds is 6. The topological polar surface area (TPSA) is 61.4 Å². The smallest absolute Gasteiger partial charge is 0.300 e. The van der Waals surface area contributed by atoms with Crippen molar-refractivity contribution in [2.24, 2.45) is 4.99 Å². The monoisotopic (exact) mass is 406 g/mol. The maximum absolute atomic E-state index is 12.7. The molecule has 3 rings (SSSR count). The first-order valence-electron chi connectivity index (χ1n) is 8.92. The number of benzene rings is 1. The van der Waals surface area contributed by atoms with Crippen LogP contribution in [-0.4, -0.2) is 33.5 Å². The van der Waals surface area contributed by atoms with E-state index in [1.54, 1.807) is 6.07 Å². The second-order valence-electron chi connectivity index (χ2n) is 6.47. The van der Waals surface area contributed by atoms with E-state index < -0.39 is 0 Å². The van der Waals surface area contributed by atoms with Crippen LogP contribution in [0.1, 0.15) is 43.0 Å². The molecule has 2 heterocycles. The number of aryl methyl sites for hydroxylation is 1. The van der Waals surface area contributed by atoms with Crippen LogP contribution in [0.3, 0.4) is 0 Å². The Morgan fingerprint density at radius 1 is 1.37 bits per heavy atom. The summed E-state index contributed by atoms with van der Waals surface area (Å²) in [7, 11) is 0. The van der Waals surface area contributed by atoms with Crippen molar-refractivity contribution in [2.75, 3.05) is 13.2 Å². The van der Waals surface area contributed by atoms with Crippen LogP contribution in [0, 0.1) is 6.92 Å². The van der Waals surface area contributed by atoms with E-state index in [-0.39, 0.29) is 11.9 Å². The number of amides is 1. The molecule has 0 aliphatic heterocycles. The Morgan fingerprint density at radius 2 is 2.15 bits per heavy atom. The van der Waals surface area contributed by atoms with Crippen molar-refractivity contribution < 1.29 is 9.53 Å². The van der Waals surface area contributed by atoms with Gasteiger partial charge in [-0.3, -0.25) is 9.48 Å². The van der Waals surface area contributed by atoms with Gasteiger partial charge in [0.25, 0.3) is 5.91 Å². The lowest BCUT2D eigenvalue weighted by Gasteiger charge is -2.06. The summed E-state index contributed by atoms with van der Waals surface area (Å²) in [4.78, 5) is 17.7. The molecule has 3 aromatic rings. The van der Waals surface area contributed by atoms with Crippen molar-refractivity contribution in [3.8, 4) is 0 Å². The van der Waals surface area contributed by atoms with Gasteiger partial charge in [0.2, 0.25) is 0 Å². The van der Waals surface area contributed by atoms with Crippen LogP contribution in [0.25, 0.3) is 10.2 Å². The van der Waals surface area contributed by atoms with Gasteiger partial charge in [-0.25, -0.2) is 0 Å². The molecule has 0 aliphatic carbocycles. The van der Waals surface area contributed by atoms with Crippen LogP contribution < -0.4 is 4.80 Å². The minimum Gasteiger partial charge on any atom is -0.380 e. The minimum atomic E-state index is -0.347. The fourth-order valence-corrected chi connectivity index (χ4v) is 4.24. The number of fused-ring (bicyclic) bond motifs is 1. The highest BCUT2D eigenvalue weighted by Gasteiger charge is 2.15. The Hall–Kier alpha value is -1.96. The Morgan fingerprint density at radius 3 is 2.81 bits per heavy atom. The lowest BCUT2D eigenvalue weighted by Crippen LogP contribution is -2.20. The molecule has 0 radical (unpaired) electrons. The molecule has 1 amide bonds. The van der Waals surface area contributed by atoms with E-state index in [0.29, 0.717) is 35.3 Å². The Balaban J connectivity index is 2.04. The quantitative estimate of drug-likeness (QED) is 0.576. The molecule has 0 saturated heterocycles. The van der Waals surface area contributed by atoms with Crippen LogP contribution >= 0.6 is 22.9 Å². The summed E-state index contributed by atoms with van der Waals surface area (Å²) in [6.45, 7) is 9.76. The minimum absolute atomic E-state index is 0.189. The van der Waals surface area contributed by atoms with Crippen molar-refractivity contribution in [1.82, 2.24) is 14.3 Å². The highest BCUT2D eigenvalue weighted by atomic mass is 35.5. The molecule has 0 saturated carbocycles. The van der Waals surface area contributed by atoms with Gasteiger partial charge in [0.15, 0.2) is 10.5 Å². The summed E-state index contributed by atoms with van der Waals surface area (Å²) in [5.74, 6) is -0.347. The number of carbonyl (C=O) groups is 1.